The monoisotopic (exact) mass is 382 g/mol. The highest BCUT2D eigenvalue weighted by Crippen LogP contribution is 2.48. The van der Waals surface area contributed by atoms with Crippen LogP contribution in [0.4, 0.5) is 5.69 Å². The maximum Gasteiger partial charge on any atom is 0.259 e. The van der Waals surface area contributed by atoms with Crippen molar-refractivity contribution in [3.8, 4) is 16.8 Å². The molecule has 2 aliphatic rings. The zero-order chi connectivity index (χ0) is 18.8. The van der Waals surface area contributed by atoms with Gasteiger partial charge in [-0.1, -0.05) is 48.0 Å². The third-order valence-corrected chi connectivity index (χ3v) is 5.95. The highest BCUT2D eigenvalue weighted by atomic mass is 35.5. The molecule has 28 heavy (non-hydrogen) atoms. The molecule has 0 bridgehead atoms. The SMILES string of the molecule is O=C1c2ccccc2C2c3cccn3-c3cc(-c4ccc(Cl)cc4)ccc3N12. The molecule has 0 fully saturated rings. The molecule has 0 saturated heterocycles. The normalized spacial score (nSPS) is 16.4. The van der Waals surface area contributed by atoms with Gasteiger partial charge in [0.2, 0.25) is 0 Å². The van der Waals surface area contributed by atoms with Gasteiger partial charge >= 0.3 is 0 Å². The molecule has 3 aromatic carbocycles. The fourth-order valence-corrected chi connectivity index (χ4v) is 4.56. The van der Waals surface area contributed by atoms with Crippen LogP contribution in [0.5, 0.6) is 0 Å². The number of rotatable bonds is 1. The topological polar surface area (TPSA) is 25.2 Å². The van der Waals surface area contributed by atoms with Crippen LogP contribution in [0.3, 0.4) is 0 Å². The summed E-state index contributed by atoms with van der Waals surface area (Å²) in [5.41, 5.74) is 7.11. The van der Waals surface area contributed by atoms with E-state index in [0.29, 0.717) is 0 Å². The standard InChI is InChI=1S/C24H15ClN2O/c25-17-10-7-15(8-11-17)16-9-12-20-22(14-16)26-13-3-6-21(26)23-18-4-1-2-5-19(18)24(28)27(20)23/h1-14,23H. The number of fused-ring (bicyclic) bond motifs is 8. The Morgan fingerprint density at radius 2 is 1.57 bits per heavy atom. The zero-order valence-electron chi connectivity index (χ0n) is 14.8. The largest absolute Gasteiger partial charge is 0.316 e. The minimum Gasteiger partial charge on any atom is -0.316 e. The first-order valence-electron chi connectivity index (χ1n) is 9.22. The molecule has 6 rings (SSSR count). The van der Waals surface area contributed by atoms with E-state index >= 15 is 0 Å². The van der Waals surface area contributed by atoms with Gasteiger partial charge in [0.1, 0.15) is 6.04 Å². The van der Waals surface area contributed by atoms with Crippen molar-refractivity contribution in [3.05, 3.63) is 107 Å². The maximum atomic E-state index is 13.2. The van der Waals surface area contributed by atoms with E-state index in [4.69, 9.17) is 11.6 Å². The number of amides is 1. The van der Waals surface area contributed by atoms with Crippen LogP contribution in [0.2, 0.25) is 5.02 Å². The maximum absolute atomic E-state index is 13.2. The predicted octanol–water partition coefficient (Wildman–Crippen LogP) is 5.86. The summed E-state index contributed by atoms with van der Waals surface area (Å²) in [4.78, 5) is 15.2. The van der Waals surface area contributed by atoms with E-state index in [1.807, 2.05) is 53.4 Å². The fraction of sp³-hybridized carbons (Fsp3) is 0.0417. The number of hydrogen-bond acceptors (Lipinski definition) is 1. The molecule has 0 N–H and O–H groups in total. The lowest BCUT2D eigenvalue weighted by Gasteiger charge is -2.34. The van der Waals surface area contributed by atoms with Gasteiger partial charge in [-0.25, -0.2) is 0 Å². The van der Waals surface area contributed by atoms with Gasteiger partial charge < -0.3 is 4.57 Å². The van der Waals surface area contributed by atoms with Crippen molar-refractivity contribution in [1.82, 2.24) is 4.57 Å². The Morgan fingerprint density at radius 3 is 2.43 bits per heavy atom. The molecule has 1 aromatic heterocycles. The van der Waals surface area contributed by atoms with Gasteiger partial charge in [-0.2, -0.15) is 0 Å². The smallest absolute Gasteiger partial charge is 0.259 e. The molecule has 134 valence electrons. The summed E-state index contributed by atoms with van der Waals surface area (Å²) in [5, 5.41) is 0.720. The molecule has 3 heterocycles. The molecule has 0 spiro atoms. The molecule has 4 aromatic rings. The van der Waals surface area contributed by atoms with E-state index in [9.17, 15) is 4.79 Å². The van der Waals surface area contributed by atoms with Crippen molar-refractivity contribution in [2.75, 3.05) is 4.90 Å². The summed E-state index contributed by atoms with van der Waals surface area (Å²) >= 11 is 6.04. The molecular formula is C24H15ClN2O. The van der Waals surface area contributed by atoms with E-state index in [1.165, 1.54) is 0 Å². The highest BCUT2D eigenvalue weighted by molar-refractivity contribution is 6.30. The Bertz CT molecular complexity index is 1260. The van der Waals surface area contributed by atoms with E-state index in [1.54, 1.807) is 0 Å². The van der Waals surface area contributed by atoms with E-state index in [2.05, 4.69) is 41.1 Å². The van der Waals surface area contributed by atoms with Crippen molar-refractivity contribution in [1.29, 1.82) is 0 Å². The first-order chi connectivity index (χ1) is 13.7. The van der Waals surface area contributed by atoms with Gasteiger partial charge in [-0.15, -0.1) is 0 Å². The van der Waals surface area contributed by atoms with Gasteiger partial charge in [0, 0.05) is 16.8 Å². The number of anilines is 1. The highest BCUT2D eigenvalue weighted by Gasteiger charge is 2.43. The quantitative estimate of drug-likeness (QED) is 0.404. The van der Waals surface area contributed by atoms with Crippen molar-refractivity contribution in [2.45, 2.75) is 6.04 Å². The number of hydrogen-bond donors (Lipinski definition) is 0. The molecule has 2 aliphatic heterocycles. The first kappa shape index (κ1) is 15.7. The van der Waals surface area contributed by atoms with Crippen LogP contribution in [0, 0.1) is 0 Å². The molecule has 0 aliphatic carbocycles. The molecular weight excluding hydrogens is 368 g/mol. The van der Waals surface area contributed by atoms with Gasteiger partial charge in [0.25, 0.3) is 5.91 Å². The number of carbonyl (C=O) groups is 1. The predicted molar refractivity (Wildman–Crippen MR) is 111 cm³/mol. The van der Waals surface area contributed by atoms with Crippen LogP contribution in [-0.2, 0) is 0 Å². The molecule has 0 saturated carbocycles. The second-order valence-electron chi connectivity index (χ2n) is 7.18. The van der Waals surface area contributed by atoms with Crippen LogP contribution in [0.15, 0.2) is 85.1 Å². The van der Waals surface area contributed by atoms with Crippen LogP contribution in [0.25, 0.3) is 16.8 Å². The average Bonchev–Trinajstić information content (AvgIpc) is 3.32. The third kappa shape index (κ3) is 2.02. The lowest BCUT2D eigenvalue weighted by Crippen LogP contribution is -2.33. The third-order valence-electron chi connectivity index (χ3n) is 5.70. The molecule has 1 amide bonds. The zero-order valence-corrected chi connectivity index (χ0v) is 15.6. The minimum atomic E-state index is -0.0763. The van der Waals surface area contributed by atoms with Crippen molar-refractivity contribution in [2.24, 2.45) is 0 Å². The van der Waals surface area contributed by atoms with Crippen LogP contribution in [-0.4, -0.2) is 10.5 Å². The van der Waals surface area contributed by atoms with Gasteiger partial charge in [0.15, 0.2) is 0 Å². The fourth-order valence-electron chi connectivity index (χ4n) is 4.43. The first-order valence-corrected chi connectivity index (χ1v) is 9.60. The van der Waals surface area contributed by atoms with Crippen molar-refractivity contribution < 1.29 is 4.79 Å². The van der Waals surface area contributed by atoms with Gasteiger partial charge in [-0.3, -0.25) is 9.69 Å². The van der Waals surface area contributed by atoms with Crippen molar-refractivity contribution in [3.63, 3.8) is 0 Å². The summed E-state index contributed by atoms with van der Waals surface area (Å²) in [7, 11) is 0. The van der Waals surface area contributed by atoms with Crippen LogP contribution >= 0.6 is 11.6 Å². The minimum absolute atomic E-state index is 0.0635. The average molecular weight is 383 g/mol. The molecule has 1 atom stereocenters. The van der Waals surface area contributed by atoms with E-state index < -0.39 is 0 Å². The lowest BCUT2D eigenvalue weighted by atomic mass is 9.98. The summed E-state index contributed by atoms with van der Waals surface area (Å²) < 4.78 is 2.20. The second-order valence-corrected chi connectivity index (χ2v) is 7.61. The number of halogens is 1. The summed E-state index contributed by atoms with van der Waals surface area (Å²) in [6, 6.07) is 26.1. The van der Waals surface area contributed by atoms with Crippen molar-refractivity contribution >= 4 is 23.2 Å². The van der Waals surface area contributed by atoms with Gasteiger partial charge in [0.05, 0.1) is 17.1 Å². The van der Waals surface area contributed by atoms with Crippen LogP contribution in [0.1, 0.15) is 27.7 Å². The van der Waals surface area contributed by atoms with Crippen LogP contribution < -0.4 is 4.90 Å². The second kappa shape index (κ2) is 5.60. The molecule has 4 heteroatoms. The Morgan fingerprint density at radius 1 is 0.786 bits per heavy atom. The molecule has 1 unspecified atom stereocenters. The van der Waals surface area contributed by atoms with E-state index in [-0.39, 0.29) is 11.9 Å². The summed E-state index contributed by atoms with van der Waals surface area (Å²) in [5.74, 6) is 0.0635. The lowest BCUT2D eigenvalue weighted by molar-refractivity contribution is 0.0992. The van der Waals surface area contributed by atoms with E-state index in [0.717, 1.165) is 44.3 Å². The van der Waals surface area contributed by atoms with Gasteiger partial charge in [-0.05, 0) is 59.2 Å². The number of carbonyl (C=O) groups excluding carboxylic acids is 1. The number of nitrogens with zero attached hydrogens (tertiary/aromatic N) is 2. The molecule has 0 radical (unpaired) electrons. The summed E-state index contributed by atoms with van der Waals surface area (Å²) in [6.45, 7) is 0. The molecule has 3 nitrogen and oxygen atoms in total. The Hall–Kier alpha value is -3.30. The number of benzene rings is 3. The Labute approximate surface area is 167 Å². The summed E-state index contributed by atoms with van der Waals surface area (Å²) in [6.07, 6.45) is 2.07. The Balaban J connectivity index is 1.58. The Kier molecular flexibility index (Phi) is 3.15. The number of aromatic nitrogens is 1.